The van der Waals surface area contributed by atoms with Crippen LogP contribution < -0.4 is 10.9 Å². The Morgan fingerprint density at radius 1 is 1.07 bits per heavy atom. The van der Waals surface area contributed by atoms with E-state index in [-0.39, 0.29) is 23.8 Å². The molecular formula is C31H26N4O3S3. The third-order valence-corrected chi connectivity index (χ3v) is 10.5. The lowest BCUT2D eigenvalue weighted by Crippen LogP contribution is -2.25. The van der Waals surface area contributed by atoms with E-state index < -0.39 is 0 Å². The predicted octanol–water partition coefficient (Wildman–Crippen LogP) is 7.29. The van der Waals surface area contributed by atoms with Gasteiger partial charge in [-0.3, -0.25) is 14.2 Å². The van der Waals surface area contributed by atoms with Gasteiger partial charge in [0.2, 0.25) is 5.91 Å². The Morgan fingerprint density at radius 3 is 2.76 bits per heavy atom. The van der Waals surface area contributed by atoms with E-state index in [0.29, 0.717) is 16.6 Å². The van der Waals surface area contributed by atoms with Crippen molar-refractivity contribution in [3.05, 3.63) is 93.0 Å². The fourth-order valence-corrected chi connectivity index (χ4v) is 8.38. The topological polar surface area (TPSA) is 90.0 Å². The summed E-state index contributed by atoms with van der Waals surface area (Å²) < 4.78 is 8.35. The van der Waals surface area contributed by atoms with Crippen molar-refractivity contribution in [2.45, 2.75) is 44.3 Å². The number of amides is 1. The Balaban J connectivity index is 1.09. The van der Waals surface area contributed by atoms with E-state index in [4.69, 9.17) is 14.4 Å². The van der Waals surface area contributed by atoms with Gasteiger partial charge in [0.05, 0.1) is 34.2 Å². The quantitative estimate of drug-likeness (QED) is 0.153. The van der Waals surface area contributed by atoms with Crippen LogP contribution >= 0.6 is 34.4 Å². The zero-order chi connectivity index (χ0) is 27.9. The van der Waals surface area contributed by atoms with Crippen LogP contribution in [0.2, 0.25) is 0 Å². The minimum absolute atomic E-state index is 0.0608. The van der Waals surface area contributed by atoms with Gasteiger partial charge in [-0.25, -0.2) is 9.97 Å². The van der Waals surface area contributed by atoms with Crippen LogP contribution in [0.25, 0.3) is 31.0 Å². The zero-order valence-corrected chi connectivity index (χ0v) is 24.8. The van der Waals surface area contributed by atoms with E-state index in [2.05, 4.69) is 24.4 Å². The minimum Gasteiger partial charge on any atom is -0.467 e. The second kappa shape index (κ2) is 10.9. The number of nitrogens with zero attached hydrogens (tertiary/aromatic N) is 3. The summed E-state index contributed by atoms with van der Waals surface area (Å²) >= 11 is 4.55. The number of benzene rings is 2. The fourth-order valence-electron chi connectivity index (χ4n) is 5.21. The molecule has 0 saturated carbocycles. The van der Waals surface area contributed by atoms with Gasteiger partial charge in [0, 0.05) is 16.1 Å². The average molecular weight is 599 g/mol. The standard InChI is InChI=1S/C31H26N4O3S3/c1-18-8-13-23-25(15-18)41-28(33-23)19-9-11-20(12-10-19)32-26(36)17-39-31-34-29-27(22-6-2-3-7-24(22)40-29)30(37)35(31)16-21-5-4-14-38-21/h4-5,8-15H,2-3,6-7,16-17H2,1H3,(H,32,36). The van der Waals surface area contributed by atoms with Crippen LogP contribution in [0.3, 0.4) is 0 Å². The number of hydrogen-bond donors (Lipinski definition) is 1. The van der Waals surface area contributed by atoms with Gasteiger partial charge in [0.15, 0.2) is 5.16 Å². The van der Waals surface area contributed by atoms with Gasteiger partial charge >= 0.3 is 0 Å². The highest BCUT2D eigenvalue weighted by atomic mass is 32.2. The molecule has 7 rings (SSSR count). The third kappa shape index (κ3) is 5.23. The number of carbonyl (C=O) groups excluding carboxylic acids is 1. The van der Waals surface area contributed by atoms with Crippen molar-refractivity contribution in [1.29, 1.82) is 0 Å². The molecule has 7 nitrogen and oxygen atoms in total. The number of carbonyl (C=O) groups is 1. The molecule has 0 radical (unpaired) electrons. The number of thiophene rings is 1. The van der Waals surface area contributed by atoms with Gasteiger partial charge in [-0.2, -0.15) is 0 Å². The van der Waals surface area contributed by atoms with Gasteiger partial charge in [-0.1, -0.05) is 17.8 Å². The molecule has 1 amide bonds. The first-order valence-corrected chi connectivity index (χ1v) is 16.1. The number of furan rings is 1. The summed E-state index contributed by atoms with van der Waals surface area (Å²) in [7, 11) is 0. The van der Waals surface area contributed by atoms with Crippen molar-refractivity contribution in [2.75, 3.05) is 11.1 Å². The minimum atomic E-state index is -0.164. The molecule has 0 bridgehead atoms. The first kappa shape index (κ1) is 26.2. The van der Waals surface area contributed by atoms with E-state index >= 15 is 0 Å². The number of hydrogen-bond acceptors (Lipinski definition) is 8. The summed E-state index contributed by atoms with van der Waals surface area (Å²) in [5.74, 6) is 0.634. The summed E-state index contributed by atoms with van der Waals surface area (Å²) in [5, 5.41) is 5.18. The van der Waals surface area contributed by atoms with Crippen molar-refractivity contribution >= 4 is 66.5 Å². The molecule has 1 aliphatic carbocycles. The van der Waals surface area contributed by atoms with Crippen LogP contribution in [-0.2, 0) is 24.2 Å². The SMILES string of the molecule is Cc1ccc2nc(-c3ccc(NC(=O)CSc4nc5sc6c(c5c(=O)n4Cc4ccco4)CCCC6)cc3)sc2c1. The smallest absolute Gasteiger partial charge is 0.263 e. The highest BCUT2D eigenvalue weighted by Gasteiger charge is 2.23. The average Bonchev–Trinajstić information content (AvgIpc) is 3.72. The van der Waals surface area contributed by atoms with Crippen LogP contribution in [-0.4, -0.2) is 26.2 Å². The molecular weight excluding hydrogens is 573 g/mol. The maximum Gasteiger partial charge on any atom is 0.263 e. The van der Waals surface area contributed by atoms with Crippen LogP contribution in [0.15, 0.2) is 75.2 Å². The highest BCUT2D eigenvalue weighted by molar-refractivity contribution is 7.99. The van der Waals surface area contributed by atoms with Crippen molar-refractivity contribution in [1.82, 2.24) is 14.5 Å². The molecule has 6 aromatic rings. The molecule has 0 fully saturated rings. The number of aromatic nitrogens is 3. The molecule has 10 heteroatoms. The normalized spacial score (nSPS) is 13.1. The summed E-state index contributed by atoms with van der Waals surface area (Å²) in [4.78, 5) is 38.4. The molecule has 0 unspecified atom stereocenters. The van der Waals surface area contributed by atoms with Crippen LogP contribution in [0, 0.1) is 6.92 Å². The maximum absolute atomic E-state index is 13.7. The first-order chi connectivity index (χ1) is 20.0. The Labute approximate surface area is 248 Å². The van der Waals surface area contributed by atoms with Crippen molar-refractivity contribution in [2.24, 2.45) is 0 Å². The number of thioether (sulfide) groups is 1. The molecule has 41 heavy (non-hydrogen) atoms. The molecule has 0 atom stereocenters. The maximum atomic E-state index is 13.7. The number of nitrogens with one attached hydrogen (secondary N) is 1. The Bertz CT molecular complexity index is 1950. The number of anilines is 1. The largest absolute Gasteiger partial charge is 0.467 e. The molecule has 206 valence electrons. The second-order valence-corrected chi connectivity index (χ2v) is 13.2. The molecule has 4 aromatic heterocycles. The van der Waals surface area contributed by atoms with Crippen LogP contribution in [0.1, 0.15) is 34.6 Å². The molecule has 0 aliphatic heterocycles. The van der Waals surface area contributed by atoms with Crippen LogP contribution in [0.5, 0.6) is 0 Å². The van der Waals surface area contributed by atoms with Crippen molar-refractivity contribution in [3.63, 3.8) is 0 Å². The number of fused-ring (bicyclic) bond motifs is 4. The molecule has 1 N–H and O–H groups in total. The molecule has 1 aliphatic rings. The Morgan fingerprint density at radius 2 is 1.93 bits per heavy atom. The van der Waals surface area contributed by atoms with Gasteiger partial charge in [0.25, 0.3) is 5.56 Å². The van der Waals surface area contributed by atoms with E-state index in [1.165, 1.54) is 22.2 Å². The summed E-state index contributed by atoms with van der Waals surface area (Å²) in [6, 6.07) is 17.7. The van der Waals surface area contributed by atoms with Gasteiger partial charge < -0.3 is 9.73 Å². The van der Waals surface area contributed by atoms with E-state index in [0.717, 1.165) is 62.3 Å². The summed E-state index contributed by atoms with van der Waals surface area (Å²) in [6.45, 7) is 2.35. The Hall–Kier alpha value is -3.73. The molecule has 2 aromatic carbocycles. The van der Waals surface area contributed by atoms with E-state index in [1.54, 1.807) is 33.5 Å². The van der Waals surface area contributed by atoms with E-state index in [1.807, 2.05) is 42.5 Å². The molecule has 4 heterocycles. The van der Waals surface area contributed by atoms with Gasteiger partial charge in [-0.05, 0) is 92.3 Å². The molecule has 0 spiro atoms. The van der Waals surface area contributed by atoms with Gasteiger partial charge in [-0.15, -0.1) is 22.7 Å². The first-order valence-electron chi connectivity index (χ1n) is 13.5. The predicted molar refractivity (Wildman–Crippen MR) is 167 cm³/mol. The lowest BCUT2D eigenvalue weighted by atomic mass is 9.97. The van der Waals surface area contributed by atoms with E-state index in [9.17, 15) is 9.59 Å². The van der Waals surface area contributed by atoms with Crippen LogP contribution in [0.4, 0.5) is 5.69 Å². The fraction of sp³-hybridized carbons (Fsp3) is 0.226. The molecule has 0 saturated heterocycles. The second-order valence-electron chi connectivity index (χ2n) is 10.2. The monoisotopic (exact) mass is 598 g/mol. The number of aryl methyl sites for hydroxylation is 3. The lowest BCUT2D eigenvalue weighted by molar-refractivity contribution is -0.113. The third-order valence-electron chi connectivity index (χ3n) is 7.23. The lowest BCUT2D eigenvalue weighted by Gasteiger charge is -2.13. The number of rotatable bonds is 7. The van der Waals surface area contributed by atoms with Crippen molar-refractivity contribution < 1.29 is 9.21 Å². The van der Waals surface area contributed by atoms with Crippen molar-refractivity contribution in [3.8, 4) is 10.6 Å². The number of thiazole rings is 1. The highest BCUT2D eigenvalue weighted by Crippen LogP contribution is 2.35. The zero-order valence-electron chi connectivity index (χ0n) is 22.3. The Kier molecular flexibility index (Phi) is 6.98. The summed E-state index contributed by atoms with van der Waals surface area (Å²) in [5.41, 5.74) is 5.01. The summed E-state index contributed by atoms with van der Waals surface area (Å²) in [6.07, 6.45) is 5.75. The van der Waals surface area contributed by atoms with Gasteiger partial charge in [0.1, 0.15) is 15.6 Å².